The topological polar surface area (TPSA) is 92.5 Å². The van der Waals surface area contributed by atoms with E-state index in [1.807, 2.05) is 0 Å². The molecule has 0 radical (unpaired) electrons. The van der Waals surface area contributed by atoms with E-state index in [1.54, 1.807) is 18.2 Å². The van der Waals surface area contributed by atoms with Crippen LogP contribution in [0.2, 0.25) is 5.02 Å². The van der Waals surface area contributed by atoms with Crippen molar-refractivity contribution in [3.05, 3.63) is 23.2 Å². The minimum Gasteiger partial charge on any atom is -0.399 e. The second kappa shape index (κ2) is 5.99. The zero-order chi connectivity index (χ0) is 14.8. The Morgan fingerprint density at radius 1 is 1.45 bits per heavy atom. The molecular formula is C12H16ClN3O3S. The van der Waals surface area contributed by atoms with E-state index in [0.29, 0.717) is 29.4 Å². The molecule has 1 saturated heterocycles. The average Bonchev–Trinajstić information content (AvgIpc) is 2.69. The number of carbonyl (C=O) groups is 1. The number of anilines is 2. The van der Waals surface area contributed by atoms with Crippen LogP contribution in [0.15, 0.2) is 18.2 Å². The Labute approximate surface area is 122 Å². The number of hydrogen-bond acceptors (Lipinski definition) is 4. The van der Waals surface area contributed by atoms with Crippen molar-refractivity contribution >= 4 is 38.9 Å². The summed E-state index contributed by atoms with van der Waals surface area (Å²) in [5, 5.41) is 2.99. The van der Waals surface area contributed by atoms with Crippen molar-refractivity contribution in [1.82, 2.24) is 4.31 Å². The highest BCUT2D eigenvalue weighted by Gasteiger charge is 2.28. The van der Waals surface area contributed by atoms with Crippen molar-refractivity contribution in [1.29, 1.82) is 0 Å². The zero-order valence-electron chi connectivity index (χ0n) is 10.8. The fourth-order valence-corrected chi connectivity index (χ4v) is 3.78. The summed E-state index contributed by atoms with van der Waals surface area (Å²) in [7, 11) is -3.16. The Morgan fingerprint density at radius 3 is 2.80 bits per heavy atom. The number of rotatable bonds is 4. The van der Waals surface area contributed by atoms with E-state index < -0.39 is 10.0 Å². The lowest BCUT2D eigenvalue weighted by molar-refractivity contribution is -0.116. The molecule has 0 aromatic heterocycles. The summed E-state index contributed by atoms with van der Waals surface area (Å²) in [5.41, 5.74) is 6.54. The first-order valence-electron chi connectivity index (χ1n) is 6.21. The summed E-state index contributed by atoms with van der Waals surface area (Å²) in [5.74, 6) is -0.114. The van der Waals surface area contributed by atoms with E-state index in [4.69, 9.17) is 17.3 Å². The van der Waals surface area contributed by atoms with Crippen LogP contribution in [-0.4, -0.2) is 37.5 Å². The maximum Gasteiger partial charge on any atom is 0.225 e. The van der Waals surface area contributed by atoms with Crippen LogP contribution < -0.4 is 11.1 Å². The van der Waals surface area contributed by atoms with Gasteiger partial charge in [-0.05, 0) is 24.6 Å². The van der Waals surface area contributed by atoms with E-state index >= 15 is 0 Å². The first-order chi connectivity index (χ1) is 9.38. The van der Waals surface area contributed by atoms with Crippen molar-refractivity contribution < 1.29 is 13.2 Å². The Balaban J connectivity index is 1.90. The predicted molar refractivity (Wildman–Crippen MR) is 79.1 cm³/mol. The predicted octanol–water partition coefficient (Wildman–Crippen LogP) is 1.29. The fourth-order valence-electron chi connectivity index (χ4n) is 2.01. The van der Waals surface area contributed by atoms with E-state index in [-0.39, 0.29) is 24.6 Å². The van der Waals surface area contributed by atoms with E-state index in [9.17, 15) is 13.2 Å². The van der Waals surface area contributed by atoms with Crippen molar-refractivity contribution in [3.8, 4) is 0 Å². The second-order valence-electron chi connectivity index (χ2n) is 4.61. The molecule has 0 bridgehead atoms. The van der Waals surface area contributed by atoms with Gasteiger partial charge in [0, 0.05) is 25.2 Å². The molecule has 1 fully saturated rings. The molecule has 0 spiro atoms. The number of nitrogens with zero attached hydrogens (tertiary/aromatic N) is 1. The van der Waals surface area contributed by atoms with Gasteiger partial charge < -0.3 is 11.1 Å². The standard InChI is InChI=1S/C12H16ClN3O3S/c13-10-8-9(14)2-3-11(10)15-12(17)4-6-16-5-1-7-20(16,18)19/h2-3,8H,1,4-7,14H2,(H,15,17). The van der Waals surface area contributed by atoms with Crippen LogP contribution in [-0.2, 0) is 14.8 Å². The van der Waals surface area contributed by atoms with Crippen LogP contribution in [0, 0.1) is 0 Å². The van der Waals surface area contributed by atoms with Gasteiger partial charge in [0.25, 0.3) is 0 Å². The van der Waals surface area contributed by atoms with Gasteiger partial charge in [-0.1, -0.05) is 11.6 Å². The molecule has 1 aromatic carbocycles. The van der Waals surface area contributed by atoms with Crippen molar-refractivity contribution in [2.75, 3.05) is 29.9 Å². The lowest BCUT2D eigenvalue weighted by atomic mass is 10.2. The average molecular weight is 318 g/mol. The highest BCUT2D eigenvalue weighted by molar-refractivity contribution is 7.89. The number of hydrogen-bond donors (Lipinski definition) is 2. The van der Waals surface area contributed by atoms with Gasteiger partial charge in [0.15, 0.2) is 0 Å². The van der Waals surface area contributed by atoms with E-state index in [2.05, 4.69) is 5.32 Å². The van der Waals surface area contributed by atoms with Crippen LogP contribution in [0.5, 0.6) is 0 Å². The van der Waals surface area contributed by atoms with Crippen molar-refractivity contribution in [2.45, 2.75) is 12.8 Å². The SMILES string of the molecule is Nc1ccc(NC(=O)CCN2CCCS2(=O)=O)c(Cl)c1. The third-order valence-electron chi connectivity index (χ3n) is 3.06. The molecule has 0 unspecified atom stereocenters. The van der Waals surface area contributed by atoms with Crippen LogP contribution in [0.25, 0.3) is 0 Å². The maximum absolute atomic E-state index is 11.8. The summed E-state index contributed by atoms with van der Waals surface area (Å²) in [4.78, 5) is 11.8. The molecule has 0 aliphatic carbocycles. The molecule has 0 saturated carbocycles. The third kappa shape index (κ3) is 3.62. The van der Waals surface area contributed by atoms with Crippen molar-refractivity contribution in [2.24, 2.45) is 0 Å². The van der Waals surface area contributed by atoms with Gasteiger partial charge in [-0.2, -0.15) is 0 Å². The molecule has 8 heteroatoms. The molecule has 0 atom stereocenters. The zero-order valence-corrected chi connectivity index (χ0v) is 12.4. The molecule has 1 aliphatic rings. The van der Waals surface area contributed by atoms with Gasteiger partial charge in [0.1, 0.15) is 0 Å². The monoisotopic (exact) mass is 317 g/mol. The Hall–Kier alpha value is -1.31. The number of amides is 1. The van der Waals surface area contributed by atoms with Gasteiger partial charge in [0.2, 0.25) is 15.9 Å². The van der Waals surface area contributed by atoms with Gasteiger partial charge >= 0.3 is 0 Å². The molecule has 110 valence electrons. The Kier molecular flexibility index (Phi) is 4.52. The highest BCUT2D eigenvalue weighted by Crippen LogP contribution is 2.24. The summed E-state index contributed by atoms with van der Waals surface area (Å²) in [6, 6.07) is 4.79. The third-order valence-corrected chi connectivity index (χ3v) is 5.33. The van der Waals surface area contributed by atoms with E-state index in [1.165, 1.54) is 4.31 Å². The molecule has 1 heterocycles. The summed E-state index contributed by atoms with van der Waals surface area (Å²) in [6.45, 7) is 0.680. The Morgan fingerprint density at radius 2 is 2.20 bits per heavy atom. The van der Waals surface area contributed by atoms with Crippen LogP contribution >= 0.6 is 11.6 Å². The number of benzene rings is 1. The smallest absolute Gasteiger partial charge is 0.225 e. The van der Waals surface area contributed by atoms with Gasteiger partial charge in [0.05, 0.1) is 16.5 Å². The van der Waals surface area contributed by atoms with Gasteiger partial charge in [-0.15, -0.1) is 0 Å². The lowest BCUT2D eigenvalue weighted by Crippen LogP contribution is -2.29. The largest absolute Gasteiger partial charge is 0.399 e. The quantitative estimate of drug-likeness (QED) is 0.818. The molecule has 2 rings (SSSR count). The number of sulfonamides is 1. The molecule has 3 N–H and O–H groups in total. The molecular weight excluding hydrogens is 302 g/mol. The van der Waals surface area contributed by atoms with Gasteiger partial charge in [-0.3, -0.25) is 4.79 Å². The lowest BCUT2D eigenvalue weighted by Gasteiger charge is -2.14. The fraction of sp³-hybridized carbons (Fsp3) is 0.417. The van der Waals surface area contributed by atoms with E-state index in [0.717, 1.165) is 0 Å². The summed E-state index contributed by atoms with van der Waals surface area (Å²) >= 11 is 5.95. The summed E-state index contributed by atoms with van der Waals surface area (Å²) in [6.07, 6.45) is 0.716. The number of carbonyl (C=O) groups excluding carboxylic acids is 1. The first-order valence-corrected chi connectivity index (χ1v) is 8.20. The normalized spacial score (nSPS) is 18.1. The van der Waals surface area contributed by atoms with Gasteiger partial charge in [-0.25, -0.2) is 12.7 Å². The second-order valence-corrected chi connectivity index (χ2v) is 7.10. The Bertz CT molecular complexity index is 618. The van der Waals surface area contributed by atoms with Crippen LogP contribution in [0.1, 0.15) is 12.8 Å². The number of nitrogens with two attached hydrogens (primary N) is 1. The molecule has 1 amide bonds. The van der Waals surface area contributed by atoms with Crippen LogP contribution in [0.3, 0.4) is 0 Å². The molecule has 1 aromatic rings. The molecule has 20 heavy (non-hydrogen) atoms. The number of halogens is 1. The van der Waals surface area contributed by atoms with Crippen molar-refractivity contribution in [3.63, 3.8) is 0 Å². The first kappa shape index (κ1) is 15.1. The minimum atomic E-state index is -3.16. The van der Waals surface area contributed by atoms with Crippen LogP contribution in [0.4, 0.5) is 11.4 Å². The number of nitrogen functional groups attached to an aromatic ring is 1. The molecule has 1 aliphatic heterocycles. The highest BCUT2D eigenvalue weighted by atomic mass is 35.5. The summed E-state index contributed by atoms with van der Waals surface area (Å²) < 4.78 is 24.5. The molecule has 6 nitrogen and oxygen atoms in total. The number of nitrogens with one attached hydrogen (secondary N) is 1. The maximum atomic E-state index is 11.8. The minimum absolute atomic E-state index is 0.0972.